The summed E-state index contributed by atoms with van der Waals surface area (Å²) in [4.78, 5) is 21.6. The number of pyridine rings is 1. The van der Waals surface area contributed by atoms with Crippen LogP contribution in [0, 0.1) is 0 Å². The van der Waals surface area contributed by atoms with Crippen LogP contribution in [0.4, 0.5) is 10.5 Å². The molecule has 4 rings (SSSR count). The van der Waals surface area contributed by atoms with E-state index in [0.29, 0.717) is 19.1 Å². The highest BCUT2D eigenvalue weighted by Crippen LogP contribution is 2.31. The molecule has 1 N–H and O–H groups in total. The van der Waals surface area contributed by atoms with Gasteiger partial charge in [0.25, 0.3) is 0 Å². The molecule has 132 valence electrons. The number of nitrogens with zero attached hydrogens (tertiary/aromatic N) is 5. The molecular formula is C18H24N6O. The molecule has 2 aromatic heterocycles. The Labute approximate surface area is 147 Å². The van der Waals surface area contributed by atoms with Crippen LogP contribution in [0.25, 0.3) is 0 Å². The predicted molar refractivity (Wildman–Crippen MR) is 95.3 cm³/mol. The molecule has 2 aromatic rings. The molecular weight excluding hydrogens is 316 g/mol. The number of fused-ring (bicyclic) bond motifs is 3. The summed E-state index contributed by atoms with van der Waals surface area (Å²) < 4.78 is 1.78. The molecule has 0 spiro atoms. The summed E-state index contributed by atoms with van der Waals surface area (Å²) in [6.45, 7) is 3.00. The Bertz CT molecular complexity index is 758. The third-order valence-electron chi connectivity index (χ3n) is 5.06. The molecule has 25 heavy (non-hydrogen) atoms. The number of carbonyl (C=O) groups is 1. The van der Waals surface area contributed by atoms with Crippen LogP contribution >= 0.6 is 0 Å². The van der Waals surface area contributed by atoms with Gasteiger partial charge in [0, 0.05) is 45.1 Å². The highest BCUT2D eigenvalue weighted by atomic mass is 16.2. The van der Waals surface area contributed by atoms with Gasteiger partial charge in [-0.25, -0.2) is 4.79 Å². The van der Waals surface area contributed by atoms with Crippen molar-refractivity contribution in [2.75, 3.05) is 24.5 Å². The molecule has 7 nitrogen and oxygen atoms in total. The van der Waals surface area contributed by atoms with Gasteiger partial charge in [0.2, 0.25) is 0 Å². The van der Waals surface area contributed by atoms with E-state index in [2.05, 4.69) is 26.4 Å². The molecule has 1 fully saturated rings. The molecule has 2 aliphatic rings. The highest BCUT2D eigenvalue weighted by Gasteiger charge is 2.33. The van der Waals surface area contributed by atoms with Crippen LogP contribution in [-0.2, 0) is 20.0 Å². The van der Waals surface area contributed by atoms with E-state index in [0.717, 1.165) is 37.2 Å². The minimum Gasteiger partial charge on any atom is -0.365 e. The topological polar surface area (TPSA) is 66.3 Å². The van der Waals surface area contributed by atoms with E-state index in [1.165, 1.54) is 12.1 Å². The first-order valence-electron chi connectivity index (χ1n) is 8.91. The summed E-state index contributed by atoms with van der Waals surface area (Å²) in [7, 11) is 1.90. The van der Waals surface area contributed by atoms with Crippen molar-refractivity contribution in [1.82, 2.24) is 25.0 Å². The summed E-state index contributed by atoms with van der Waals surface area (Å²) in [5.74, 6) is 0. The first-order valence-corrected chi connectivity index (χ1v) is 8.91. The number of aryl methyl sites for hydroxylation is 1. The fourth-order valence-corrected chi connectivity index (χ4v) is 3.84. The van der Waals surface area contributed by atoms with E-state index >= 15 is 0 Å². The van der Waals surface area contributed by atoms with Gasteiger partial charge in [-0.05, 0) is 37.0 Å². The molecule has 1 saturated heterocycles. The van der Waals surface area contributed by atoms with E-state index < -0.39 is 0 Å². The van der Waals surface area contributed by atoms with E-state index in [4.69, 9.17) is 0 Å². The van der Waals surface area contributed by atoms with Gasteiger partial charge in [0.1, 0.15) is 0 Å². The fraction of sp³-hybridized carbons (Fsp3) is 0.500. The minimum atomic E-state index is -0.00533. The first kappa shape index (κ1) is 15.9. The lowest BCUT2D eigenvalue weighted by atomic mass is 10.2. The van der Waals surface area contributed by atoms with Crippen molar-refractivity contribution < 1.29 is 4.79 Å². The Morgan fingerprint density at radius 3 is 3.20 bits per heavy atom. The van der Waals surface area contributed by atoms with Gasteiger partial charge in [0.05, 0.1) is 24.1 Å². The first-order chi connectivity index (χ1) is 12.2. The Kier molecular flexibility index (Phi) is 4.29. The largest absolute Gasteiger partial charge is 0.365 e. The second kappa shape index (κ2) is 6.74. The highest BCUT2D eigenvalue weighted by molar-refractivity contribution is 5.75. The number of rotatable bonds is 3. The van der Waals surface area contributed by atoms with Crippen LogP contribution in [0.1, 0.15) is 24.1 Å². The maximum Gasteiger partial charge on any atom is 0.317 e. The number of amides is 2. The predicted octanol–water partition coefficient (Wildman–Crippen LogP) is 1.55. The van der Waals surface area contributed by atoms with Crippen molar-refractivity contribution in [3.63, 3.8) is 0 Å². The van der Waals surface area contributed by atoms with Gasteiger partial charge in [-0.1, -0.05) is 0 Å². The van der Waals surface area contributed by atoms with E-state index in [1.54, 1.807) is 4.68 Å². The van der Waals surface area contributed by atoms with Crippen LogP contribution in [0.5, 0.6) is 0 Å². The summed E-state index contributed by atoms with van der Waals surface area (Å²) >= 11 is 0. The lowest BCUT2D eigenvalue weighted by Gasteiger charge is -2.27. The van der Waals surface area contributed by atoms with Crippen molar-refractivity contribution in [2.45, 2.75) is 31.8 Å². The monoisotopic (exact) mass is 340 g/mol. The number of urea groups is 1. The lowest BCUT2D eigenvalue weighted by Crippen LogP contribution is -2.45. The molecule has 2 amide bonds. The summed E-state index contributed by atoms with van der Waals surface area (Å²) in [6.07, 6.45) is 8.73. The van der Waals surface area contributed by atoms with E-state index in [9.17, 15) is 4.79 Å². The average Bonchev–Trinajstić information content (AvgIpc) is 3.20. The van der Waals surface area contributed by atoms with Crippen molar-refractivity contribution in [2.24, 2.45) is 7.05 Å². The van der Waals surface area contributed by atoms with Crippen molar-refractivity contribution in [3.05, 3.63) is 42.0 Å². The SMILES string of the molecule is Cn1cc(CCNC(=O)N2Cc3ncccc3N3CCC[C@H]3C2)cn1. The zero-order valence-corrected chi connectivity index (χ0v) is 14.6. The number of aromatic nitrogens is 3. The zero-order chi connectivity index (χ0) is 17.2. The molecule has 7 heteroatoms. The Balaban J connectivity index is 1.42. The molecule has 0 saturated carbocycles. The van der Waals surface area contributed by atoms with Gasteiger partial charge < -0.3 is 15.1 Å². The third-order valence-corrected chi connectivity index (χ3v) is 5.06. The number of hydrogen-bond acceptors (Lipinski definition) is 4. The number of hydrogen-bond donors (Lipinski definition) is 1. The third kappa shape index (κ3) is 3.31. The Hall–Kier alpha value is -2.57. The van der Waals surface area contributed by atoms with Crippen molar-refractivity contribution in [1.29, 1.82) is 0 Å². The van der Waals surface area contributed by atoms with E-state index in [-0.39, 0.29) is 6.03 Å². The maximum absolute atomic E-state index is 12.7. The standard InChI is InChI=1S/C18H24N6O/c1-22-11-14(10-21-22)6-8-20-18(25)23-12-15-4-3-9-24(15)17-5-2-7-19-16(17)13-23/h2,5,7,10-11,15H,3-4,6,8-9,12-13H2,1H3,(H,20,25)/t15-/m0/s1. The van der Waals surface area contributed by atoms with Gasteiger partial charge in [-0.3, -0.25) is 9.67 Å². The summed E-state index contributed by atoms with van der Waals surface area (Å²) in [5.41, 5.74) is 3.32. The van der Waals surface area contributed by atoms with Gasteiger partial charge >= 0.3 is 6.03 Å². The van der Waals surface area contributed by atoms with E-state index in [1.807, 2.05) is 36.6 Å². The van der Waals surface area contributed by atoms with Gasteiger partial charge in [0.15, 0.2) is 0 Å². The van der Waals surface area contributed by atoms with Crippen LogP contribution in [0.3, 0.4) is 0 Å². The molecule has 2 aliphatic heterocycles. The lowest BCUT2D eigenvalue weighted by molar-refractivity contribution is 0.192. The van der Waals surface area contributed by atoms with Crippen LogP contribution < -0.4 is 10.2 Å². The minimum absolute atomic E-state index is 0.00533. The Morgan fingerprint density at radius 2 is 2.36 bits per heavy atom. The molecule has 4 heterocycles. The summed E-state index contributed by atoms with van der Waals surface area (Å²) in [6, 6.07) is 4.51. The van der Waals surface area contributed by atoms with Crippen LogP contribution in [0.2, 0.25) is 0 Å². The normalized spacial score (nSPS) is 19.3. The number of anilines is 1. The fourth-order valence-electron chi connectivity index (χ4n) is 3.84. The average molecular weight is 340 g/mol. The van der Waals surface area contributed by atoms with Crippen molar-refractivity contribution in [3.8, 4) is 0 Å². The zero-order valence-electron chi connectivity index (χ0n) is 14.6. The molecule has 0 bridgehead atoms. The molecule has 0 radical (unpaired) electrons. The molecule has 1 atom stereocenters. The number of carbonyl (C=O) groups excluding carboxylic acids is 1. The Morgan fingerprint density at radius 1 is 1.44 bits per heavy atom. The second-order valence-corrected chi connectivity index (χ2v) is 6.84. The summed E-state index contributed by atoms with van der Waals surface area (Å²) in [5, 5.41) is 7.21. The van der Waals surface area contributed by atoms with Crippen LogP contribution in [-0.4, -0.2) is 51.4 Å². The smallest absolute Gasteiger partial charge is 0.317 e. The quantitative estimate of drug-likeness (QED) is 0.921. The molecule has 0 unspecified atom stereocenters. The van der Waals surface area contributed by atoms with Gasteiger partial charge in [-0.15, -0.1) is 0 Å². The van der Waals surface area contributed by atoms with Gasteiger partial charge in [-0.2, -0.15) is 5.10 Å². The molecule has 0 aliphatic carbocycles. The maximum atomic E-state index is 12.7. The van der Waals surface area contributed by atoms with Crippen LogP contribution in [0.15, 0.2) is 30.7 Å². The van der Waals surface area contributed by atoms with Crippen molar-refractivity contribution >= 4 is 11.7 Å². The number of nitrogens with one attached hydrogen (secondary N) is 1. The second-order valence-electron chi connectivity index (χ2n) is 6.84. The molecule has 0 aromatic carbocycles.